The number of fused-ring (bicyclic) bond motifs is 1. The van der Waals surface area contributed by atoms with Gasteiger partial charge in [0, 0.05) is 25.8 Å². The number of amides is 1. The summed E-state index contributed by atoms with van der Waals surface area (Å²) in [5.41, 5.74) is 0.506. The Morgan fingerprint density at radius 3 is 3.11 bits per heavy atom. The molecular weight excluding hydrogens is 246 g/mol. The predicted octanol–water partition coefficient (Wildman–Crippen LogP) is -0.0954. The summed E-state index contributed by atoms with van der Waals surface area (Å²) in [5, 5.41) is 2.88. The maximum absolute atomic E-state index is 11.9. The van der Waals surface area contributed by atoms with Gasteiger partial charge in [0.05, 0.1) is 19.8 Å². The molecule has 2 aliphatic heterocycles. The Labute approximate surface area is 111 Å². The molecule has 3 heterocycles. The summed E-state index contributed by atoms with van der Waals surface area (Å²) in [5.74, 6) is 0.309. The molecule has 1 amide bonds. The van der Waals surface area contributed by atoms with E-state index in [0.29, 0.717) is 18.0 Å². The van der Waals surface area contributed by atoms with Crippen molar-refractivity contribution in [1.82, 2.24) is 15.2 Å². The Kier molecular flexibility index (Phi) is 3.61. The van der Waals surface area contributed by atoms with Crippen LogP contribution in [0.25, 0.3) is 0 Å². The van der Waals surface area contributed by atoms with Gasteiger partial charge < -0.3 is 14.8 Å². The van der Waals surface area contributed by atoms with Crippen molar-refractivity contribution in [1.29, 1.82) is 0 Å². The van der Waals surface area contributed by atoms with E-state index < -0.39 is 0 Å². The second-order valence-electron chi connectivity index (χ2n) is 4.72. The minimum atomic E-state index is -0.118. The molecule has 2 aliphatic rings. The van der Waals surface area contributed by atoms with Crippen LogP contribution in [0, 0.1) is 0 Å². The molecule has 1 aromatic heterocycles. The van der Waals surface area contributed by atoms with E-state index in [1.165, 1.54) is 0 Å². The minimum Gasteiger partial charge on any atom is -0.471 e. The third kappa shape index (κ3) is 2.85. The van der Waals surface area contributed by atoms with Gasteiger partial charge in [-0.05, 0) is 12.1 Å². The van der Waals surface area contributed by atoms with Crippen molar-refractivity contribution < 1.29 is 14.3 Å². The van der Waals surface area contributed by atoms with Crippen molar-refractivity contribution >= 4 is 5.91 Å². The maximum Gasteiger partial charge on any atom is 0.256 e. The number of carbonyl (C=O) groups excluding carboxylic acids is 1. The van der Waals surface area contributed by atoms with Gasteiger partial charge >= 0.3 is 0 Å². The fourth-order valence-electron chi connectivity index (χ4n) is 2.33. The first-order chi connectivity index (χ1) is 9.33. The summed E-state index contributed by atoms with van der Waals surface area (Å²) in [6.45, 7) is 4.61. The average Bonchev–Trinajstić information content (AvgIpc) is 2.60. The Morgan fingerprint density at radius 2 is 2.26 bits per heavy atom. The third-order valence-corrected chi connectivity index (χ3v) is 3.35. The molecule has 0 radical (unpaired) electrons. The molecule has 1 saturated heterocycles. The molecule has 1 fully saturated rings. The number of hydrogen-bond donors (Lipinski definition) is 1. The van der Waals surface area contributed by atoms with Crippen LogP contribution < -0.4 is 10.1 Å². The SMILES string of the molecule is O=C1NCC(CN2CCOCC2)Oc2ncccc21. The van der Waals surface area contributed by atoms with Gasteiger partial charge in [-0.15, -0.1) is 0 Å². The van der Waals surface area contributed by atoms with Gasteiger partial charge in [-0.2, -0.15) is 0 Å². The molecule has 0 spiro atoms. The lowest BCUT2D eigenvalue weighted by Gasteiger charge is -2.29. The van der Waals surface area contributed by atoms with Crippen LogP contribution in [0.3, 0.4) is 0 Å². The Balaban J connectivity index is 1.70. The largest absolute Gasteiger partial charge is 0.471 e. The first-order valence-electron chi connectivity index (χ1n) is 6.53. The van der Waals surface area contributed by atoms with Crippen LogP contribution in [-0.2, 0) is 4.74 Å². The Hall–Kier alpha value is -1.66. The summed E-state index contributed by atoms with van der Waals surface area (Å²) in [6.07, 6.45) is 1.57. The van der Waals surface area contributed by atoms with Gasteiger partial charge in [-0.25, -0.2) is 4.98 Å². The Morgan fingerprint density at radius 1 is 1.42 bits per heavy atom. The normalized spacial score (nSPS) is 24.0. The van der Waals surface area contributed by atoms with Gasteiger partial charge in [-0.1, -0.05) is 0 Å². The number of ether oxygens (including phenoxy) is 2. The van der Waals surface area contributed by atoms with Crippen molar-refractivity contribution in [2.75, 3.05) is 39.4 Å². The van der Waals surface area contributed by atoms with Crippen molar-refractivity contribution in [2.45, 2.75) is 6.10 Å². The van der Waals surface area contributed by atoms with E-state index >= 15 is 0 Å². The highest BCUT2D eigenvalue weighted by atomic mass is 16.5. The molecular formula is C13H17N3O3. The summed E-state index contributed by atoms with van der Waals surface area (Å²) in [6, 6.07) is 3.47. The van der Waals surface area contributed by atoms with E-state index in [4.69, 9.17) is 9.47 Å². The first-order valence-corrected chi connectivity index (χ1v) is 6.53. The monoisotopic (exact) mass is 263 g/mol. The molecule has 6 heteroatoms. The van der Waals surface area contributed by atoms with Crippen LogP contribution >= 0.6 is 0 Å². The molecule has 0 bridgehead atoms. The van der Waals surface area contributed by atoms with Gasteiger partial charge in [0.15, 0.2) is 0 Å². The minimum absolute atomic E-state index is 0.0711. The fourth-order valence-corrected chi connectivity index (χ4v) is 2.33. The topological polar surface area (TPSA) is 63.7 Å². The number of nitrogens with one attached hydrogen (secondary N) is 1. The highest BCUT2D eigenvalue weighted by molar-refractivity contribution is 5.96. The number of aromatic nitrogens is 1. The van der Waals surface area contributed by atoms with Crippen LogP contribution in [0.15, 0.2) is 18.3 Å². The van der Waals surface area contributed by atoms with Crippen LogP contribution in [0.2, 0.25) is 0 Å². The zero-order valence-corrected chi connectivity index (χ0v) is 10.7. The zero-order valence-electron chi connectivity index (χ0n) is 10.7. The van der Waals surface area contributed by atoms with Gasteiger partial charge in [-0.3, -0.25) is 9.69 Å². The van der Waals surface area contributed by atoms with E-state index in [2.05, 4.69) is 15.2 Å². The summed E-state index contributed by atoms with van der Waals surface area (Å²) >= 11 is 0. The lowest BCUT2D eigenvalue weighted by Crippen LogP contribution is -2.45. The molecule has 1 atom stereocenters. The van der Waals surface area contributed by atoms with Crippen LogP contribution in [0.5, 0.6) is 5.88 Å². The number of hydrogen-bond acceptors (Lipinski definition) is 5. The molecule has 0 aliphatic carbocycles. The maximum atomic E-state index is 11.9. The van der Waals surface area contributed by atoms with Crippen LogP contribution in [0.4, 0.5) is 0 Å². The number of pyridine rings is 1. The zero-order chi connectivity index (χ0) is 13.1. The lowest BCUT2D eigenvalue weighted by molar-refractivity contribution is 0.0194. The number of rotatable bonds is 2. The number of morpholine rings is 1. The molecule has 0 saturated carbocycles. The third-order valence-electron chi connectivity index (χ3n) is 3.35. The van der Waals surface area contributed by atoms with Crippen molar-refractivity contribution in [2.24, 2.45) is 0 Å². The molecule has 3 rings (SSSR count). The number of nitrogens with zero attached hydrogens (tertiary/aromatic N) is 2. The van der Waals surface area contributed by atoms with E-state index in [1.807, 2.05) is 0 Å². The van der Waals surface area contributed by atoms with E-state index in [1.54, 1.807) is 18.3 Å². The molecule has 1 N–H and O–H groups in total. The van der Waals surface area contributed by atoms with E-state index in [0.717, 1.165) is 32.8 Å². The second kappa shape index (κ2) is 5.54. The van der Waals surface area contributed by atoms with Crippen molar-refractivity contribution in [3.8, 4) is 5.88 Å². The fraction of sp³-hybridized carbons (Fsp3) is 0.538. The first kappa shape index (κ1) is 12.4. The summed E-state index contributed by atoms with van der Waals surface area (Å²) < 4.78 is 11.2. The van der Waals surface area contributed by atoms with E-state index in [-0.39, 0.29) is 12.0 Å². The lowest BCUT2D eigenvalue weighted by atomic mass is 10.2. The Bertz CT molecular complexity index is 460. The molecule has 1 unspecified atom stereocenters. The molecule has 102 valence electrons. The molecule has 1 aromatic rings. The average molecular weight is 263 g/mol. The standard InChI is InChI=1S/C13H17N3O3/c17-12-11-2-1-3-14-13(11)19-10(8-15-12)9-16-4-6-18-7-5-16/h1-3,10H,4-9H2,(H,15,17). The summed E-state index contributed by atoms with van der Waals surface area (Å²) in [4.78, 5) is 18.3. The predicted molar refractivity (Wildman–Crippen MR) is 68.2 cm³/mol. The smallest absolute Gasteiger partial charge is 0.256 e. The number of carbonyl (C=O) groups is 1. The quantitative estimate of drug-likeness (QED) is 0.807. The van der Waals surface area contributed by atoms with Gasteiger partial charge in [0.25, 0.3) is 5.91 Å². The van der Waals surface area contributed by atoms with Crippen LogP contribution in [0.1, 0.15) is 10.4 Å². The second-order valence-corrected chi connectivity index (χ2v) is 4.72. The van der Waals surface area contributed by atoms with Gasteiger partial charge in [0.1, 0.15) is 11.7 Å². The summed E-state index contributed by atoms with van der Waals surface area (Å²) in [7, 11) is 0. The molecule has 6 nitrogen and oxygen atoms in total. The van der Waals surface area contributed by atoms with Crippen molar-refractivity contribution in [3.05, 3.63) is 23.9 Å². The van der Waals surface area contributed by atoms with Gasteiger partial charge in [0.2, 0.25) is 5.88 Å². The highest BCUT2D eigenvalue weighted by Crippen LogP contribution is 2.18. The van der Waals surface area contributed by atoms with E-state index in [9.17, 15) is 4.79 Å². The molecule has 0 aromatic carbocycles. The van der Waals surface area contributed by atoms with Crippen LogP contribution in [-0.4, -0.2) is 61.3 Å². The highest BCUT2D eigenvalue weighted by Gasteiger charge is 2.25. The van der Waals surface area contributed by atoms with Crippen molar-refractivity contribution in [3.63, 3.8) is 0 Å². The molecule has 19 heavy (non-hydrogen) atoms.